The Morgan fingerprint density at radius 1 is 1.35 bits per heavy atom. The number of carbonyl (C=O) groups is 1. The lowest BCUT2D eigenvalue weighted by atomic mass is 9.94. The van der Waals surface area contributed by atoms with Crippen molar-refractivity contribution in [3.8, 4) is 11.6 Å². The van der Waals surface area contributed by atoms with E-state index in [2.05, 4.69) is 4.98 Å². The van der Waals surface area contributed by atoms with Crippen LogP contribution in [0.4, 0.5) is 4.39 Å². The summed E-state index contributed by atoms with van der Waals surface area (Å²) in [6, 6.07) is 8.32. The highest BCUT2D eigenvalue weighted by atomic mass is 19.1. The number of aldehydes is 1. The first-order chi connectivity index (χ1) is 11.2. The second-order valence-corrected chi connectivity index (χ2v) is 5.39. The first-order valence-electron chi connectivity index (χ1n) is 7.37. The van der Waals surface area contributed by atoms with Gasteiger partial charge in [0.2, 0.25) is 5.88 Å². The van der Waals surface area contributed by atoms with Gasteiger partial charge in [0.05, 0.1) is 13.3 Å². The molecule has 2 aromatic rings. The number of halogens is 1. The van der Waals surface area contributed by atoms with Crippen LogP contribution in [0.5, 0.6) is 11.6 Å². The van der Waals surface area contributed by atoms with Crippen LogP contribution >= 0.6 is 0 Å². The van der Waals surface area contributed by atoms with Gasteiger partial charge >= 0.3 is 0 Å². The number of rotatable bonds is 5. The van der Waals surface area contributed by atoms with Crippen LogP contribution in [0, 0.1) is 5.82 Å². The number of pyridine rings is 1. The number of hydrogen-bond acceptors (Lipinski definition) is 5. The monoisotopic (exact) mass is 316 g/mol. The SMILES string of the molecule is COc1ccc(C2CCN(Oc3ccc(F)cn3)C2)c(C=O)c1. The Balaban J connectivity index is 1.70. The van der Waals surface area contributed by atoms with E-state index < -0.39 is 5.82 Å². The van der Waals surface area contributed by atoms with Crippen LogP contribution in [0.25, 0.3) is 0 Å². The van der Waals surface area contributed by atoms with Crippen molar-refractivity contribution in [1.29, 1.82) is 0 Å². The summed E-state index contributed by atoms with van der Waals surface area (Å²) >= 11 is 0. The normalized spacial score (nSPS) is 17.9. The molecule has 0 saturated carbocycles. The van der Waals surface area contributed by atoms with Gasteiger partial charge in [-0.1, -0.05) is 6.07 Å². The van der Waals surface area contributed by atoms with Crippen LogP contribution < -0.4 is 9.57 Å². The largest absolute Gasteiger partial charge is 0.497 e. The number of hydrogen-bond donors (Lipinski definition) is 0. The van der Waals surface area contributed by atoms with Gasteiger partial charge in [0.15, 0.2) is 0 Å². The van der Waals surface area contributed by atoms with Gasteiger partial charge in [-0.25, -0.2) is 9.37 Å². The van der Waals surface area contributed by atoms with E-state index in [0.29, 0.717) is 30.3 Å². The number of hydroxylamine groups is 2. The van der Waals surface area contributed by atoms with Crippen LogP contribution in [-0.4, -0.2) is 36.5 Å². The molecule has 1 aromatic heterocycles. The molecular weight excluding hydrogens is 299 g/mol. The summed E-state index contributed by atoms with van der Waals surface area (Å²) in [6.07, 6.45) is 2.84. The number of benzene rings is 1. The third-order valence-electron chi connectivity index (χ3n) is 3.93. The molecule has 1 unspecified atom stereocenters. The summed E-state index contributed by atoms with van der Waals surface area (Å²) in [5.74, 6) is 0.821. The van der Waals surface area contributed by atoms with Gasteiger partial charge < -0.3 is 9.57 Å². The van der Waals surface area contributed by atoms with Crippen molar-refractivity contribution in [2.24, 2.45) is 0 Å². The average molecular weight is 316 g/mol. The van der Waals surface area contributed by atoms with Crippen molar-refractivity contribution in [1.82, 2.24) is 10.0 Å². The zero-order chi connectivity index (χ0) is 16.2. The molecule has 0 amide bonds. The van der Waals surface area contributed by atoms with Gasteiger partial charge in [0, 0.05) is 30.6 Å². The van der Waals surface area contributed by atoms with E-state index in [0.717, 1.165) is 24.5 Å². The molecule has 0 N–H and O–H groups in total. The molecule has 23 heavy (non-hydrogen) atoms. The van der Waals surface area contributed by atoms with E-state index in [-0.39, 0.29) is 5.92 Å². The quantitative estimate of drug-likeness (QED) is 0.794. The molecule has 1 saturated heterocycles. The van der Waals surface area contributed by atoms with Crippen LogP contribution in [0.1, 0.15) is 28.3 Å². The summed E-state index contributed by atoms with van der Waals surface area (Å²) in [5.41, 5.74) is 1.62. The van der Waals surface area contributed by atoms with E-state index in [1.807, 2.05) is 12.1 Å². The lowest BCUT2D eigenvalue weighted by Crippen LogP contribution is -2.25. The van der Waals surface area contributed by atoms with E-state index in [1.165, 1.54) is 12.1 Å². The van der Waals surface area contributed by atoms with E-state index in [1.54, 1.807) is 18.2 Å². The van der Waals surface area contributed by atoms with E-state index >= 15 is 0 Å². The maximum Gasteiger partial charge on any atom is 0.238 e. The Morgan fingerprint density at radius 3 is 2.91 bits per heavy atom. The minimum absolute atomic E-state index is 0.196. The number of nitrogens with zero attached hydrogens (tertiary/aromatic N) is 2. The van der Waals surface area contributed by atoms with Crippen molar-refractivity contribution in [3.63, 3.8) is 0 Å². The molecule has 0 bridgehead atoms. The molecular formula is C17H17FN2O3. The van der Waals surface area contributed by atoms with Crippen LogP contribution in [-0.2, 0) is 0 Å². The van der Waals surface area contributed by atoms with Crippen molar-refractivity contribution in [2.45, 2.75) is 12.3 Å². The smallest absolute Gasteiger partial charge is 0.238 e. The van der Waals surface area contributed by atoms with Gasteiger partial charge in [-0.05, 0) is 30.2 Å². The summed E-state index contributed by atoms with van der Waals surface area (Å²) in [7, 11) is 1.57. The summed E-state index contributed by atoms with van der Waals surface area (Å²) in [5, 5.41) is 1.78. The molecule has 2 heterocycles. The van der Waals surface area contributed by atoms with Crippen molar-refractivity contribution < 1.29 is 18.8 Å². The molecule has 1 aliphatic rings. The fourth-order valence-corrected chi connectivity index (χ4v) is 2.77. The fourth-order valence-electron chi connectivity index (χ4n) is 2.77. The number of ether oxygens (including phenoxy) is 1. The Hall–Kier alpha value is -2.47. The number of carbonyl (C=O) groups excluding carboxylic acids is 1. The number of aromatic nitrogens is 1. The summed E-state index contributed by atoms with van der Waals surface area (Å²) in [4.78, 5) is 20.8. The molecule has 120 valence electrons. The third kappa shape index (κ3) is 3.48. The highest BCUT2D eigenvalue weighted by Crippen LogP contribution is 2.31. The van der Waals surface area contributed by atoms with Gasteiger partial charge in [-0.3, -0.25) is 4.79 Å². The highest BCUT2D eigenvalue weighted by molar-refractivity contribution is 5.78. The lowest BCUT2D eigenvalue weighted by Gasteiger charge is -2.17. The minimum Gasteiger partial charge on any atom is -0.497 e. The fraction of sp³-hybridized carbons (Fsp3) is 0.294. The first-order valence-corrected chi connectivity index (χ1v) is 7.37. The Kier molecular flexibility index (Phi) is 4.52. The first kappa shape index (κ1) is 15.4. The molecule has 5 nitrogen and oxygen atoms in total. The molecule has 1 atom stereocenters. The Bertz CT molecular complexity index is 691. The van der Waals surface area contributed by atoms with Crippen molar-refractivity contribution in [3.05, 3.63) is 53.5 Å². The average Bonchev–Trinajstić information content (AvgIpc) is 3.04. The van der Waals surface area contributed by atoms with Gasteiger partial charge in [0.25, 0.3) is 0 Å². The zero-order valence-electron chi connectivity index (χ0n) is 12.7. The third-order valence-corrected chi connectivity index (χ3v) is 3.93. The van der Waals surface area contributed by atoms with E-state index in [9.17, 15) is 9.18 Å². The topological polar surface area (TPSA) is 51.7 Å². The number of methoxy groups -OCH3 is 1. The molecule has 6 heteroatoms. The molecule has 0 radical (unpaired) electrons. The Labute approximate surface area is 133 Å². The minimum atomic E-state index is -0.398. The molecule has 3 rings (SSSR count). The van der Waals surface area contributed by atoms with E-state index in [4.69, 9.17) is 9.57 Å². The molecule has 1 fully saturated rings. The molecule has 0 aliphatic carbocycles. The van der Waals surface area contributed by atoms with Gasteiger partial charge in [0.1, 0.15) is 17.9 Å². The highest BCUT2D eigenvalue weighted by Gasteiger charge is 2.27. The second kappa shape index (κ2) is 6.75. The van der Waals surface area contributed by atoms with Crippen LogP contribution in [0.2, 0.25) is 0 Å². The van der Waals surface area contributed by atoms with Crippen molar-refractivity contribution in [2.75, 3.05) is 20.2 Å². The van der Waals surface area contributed by atoms with Crippen LogP contribution in [0.15, 0.2) is 36.5 Å². The van der Waals surface area contributed by atoms with Gasteiger partial charge in [-0.2, -0.15) is 0 Å². The predicted octanol–water partition coefficient (Wildman–Crippen LogP) is 2.83. The zero-order valence-corrected chi connectivity index (χ0v) is 12.7. The maximum atomic E-state index is 12.9. The molecule has 0 spiro atoms. The lowest BCUT2D eigenvalue weighted by molar-refractivity contribution is -0.0406. The Morgan fingerprint density at radius 2 is 2.22 bits per heavy atom. The molecule has 1 aromatic carbocycles. The second-order valence-electron chi connectivity index (χ2n) is 5.39. The van der Waals surface area contributed by atoms with Crippen LogP contribution in [0.3, 0.4) is 0 Å². The standard InChI is InChI=1S/C17H17FN2O3/c1-22-15-3-4-16(13(8-15)11-21)12-6-7-20(10-12)23-17-5-2-14(18)9-19-17/h2-5,8-9,11-12H,6-7,10H2,1H3. The summed E-state index contributed by atoms with van der Waals surface area (Å²) in [6.45, 7) is 1.36. The van der Waals surface area contributed by atoms with Gasteiger partial charge in [-0.15, -0.1) is 5.06 Å². The molecule has 1 aliphatic heterocycles. The van der Waals surface area contributed by atoms with Crippen molar-refractivity contribution >= 4 is 6.29 Å². The summed E-state index contributed by atoms with van der Waals surface area (Å²) < 4.78 is 18.0. The maximum absolute atomic E-state index is 12.9. The predicted molar refractivity (Wildman–Crippen MR) is 82.1 cm³/mol.